The van der Waals surface area contributed by atoms with Crippen LogP contribution in [-0.4, -0.2) is 52.6 Å². The van der Waals surface area contributed by atoms with E-state index in [1.165, 1.54) is 5.57 Å². The third kappa shape index (κ3) is 1.44. The molecule has 122 valence electrons. The van der Waals surface area contributed by atoms with Crippen LogP contribution in [0.4, 0.5) is 0 Å². The van der Waals surface area contributed by atoms with Gasteiger partial charge in [-0.2, -0.15) is 5.26 Å². The van der Waals surface area contributed by atoms with Crippen molar-refractivity contribution in [3.63, 3.8) is 0 Å². The third-order valence-electron chi connectivity index (χ3n) is 7.09. The highest BCUT2D eigenvalue weighted by atomic mass is 16.5. The lowest BCUT2D eigenvalue weighted by Gasteiger charge is -2.59. The topological polar surface area (TPSA) is 76.7 Å². The number of hydrogen-bond donors (Lipinski definition) is 2. The van der Waals surface area contributed by atoms with E-state index in [9.17, 15) is 15.5 Å². The van der Waals surface area contributed by atoms with Crippen molar-refractivity contribution in [3.8, 4) is 6.07 Å². The van der Waals surface area contributed by atoms with E-state index >= 15 is 0 Å². The molecule has 2 bridgehead atoms. The molecule has 23 heavy (non-hydrogen) atoms. The van der Waals surface area contributed by atoms with Gasteiger partial charge in [0.05, 0.1) is 6.10 Å². The van der Waals surface area contributed by atoms with E-state index in [1.807, 2.05) is 6.08 Å². The molecule has 2 aliphatic heterocycles. The van der Waals surface area contributed by atoms with Crippen molar-refractivity contribution < 1.29 is 14.9 Å². The number of hydrogen-bond acceptors (Lipinski definition) is 5. The van der Waals surface area contributed by atoms with Crippen molar-refractivity contribution in [2.75, 3.05) is 13.6 Å². The van der Waals surface area contributed by atoms with Crippen LogP contribution in [0.15, 0.2) is 23.0 Å². The van der Waals surface area contributed by atoms with E-state index in [2.05, 4.69) is 18.0 Å². The lowest BCUT2D eigenvalue weighted by molar-refractivity contribution is -0.143. The van der Waals surface area contributed by atoms with Crippen molar-refractivity contribution in [2.45, 2.75) is 56.0 Å². The van der Waals surface area contributed by atoms with Gasteiger partial charge in [0, 0.05) is 23.5 Å². The summed E-state index contributed by atoms with van der Waals surface area (Å²) in [6, 6.07) is 2.53. The average molecular weight is 314 g/mol. The van der Waals surface area contributed by atoms with Crippen molar-refractivity contribution >= 4 is 0 Å². The molecule has 2 N–H and O–H groups in total. The predicted octanol–water partition coefficient (Wildman–Crippen LogP) is 1.09. The number of likely N-dealkylation sites (tertiary alicyclic amines) is 1. The molecule has 2 saturated carbocycles. The normalized spacial score (nSPS) is 50.8. The van der Waals surface area contributed by atoms with Crippen molar-refractivity contribution in [2.24, 2.45) is 11.3 Å². The van der Waals surface area contributed by atoms with Gasteiger partial charge < -0.3 is 19.8 Å². The molecule has 5 aliphatic rings. The Morgan fingerprint density at radius 3 is 3.04 bits per heavy atom. The standard InChI is InChI=1S/C18H22N2O3/c1-20-7-6-18-11-2-3-13(21)15(18)23-16-14(18)10(8-12(11)20)4-5-17(16,22)9-19/h4,11-13,15,21-22H,2-3,5-8H2,1H3/t11-,12+,13-,15-,17?,18-/m0/s1. The zero-order chi connectivity index (χ0) is 16.0. The van der Waals surface area contributed by atoms with Crippen LogP contribution >= 0.6 is 0 Å². The number of aliphatic hydroxyl groups excluding tert-OH is 1. The van der Waals surface area contributed by atoms with Crippen LogP contribution in [0, 0.1) is 22.7 Å². The smallest absolute Gasteiger partial charge is 0.212 e. The van der Waals surface area contributed by atoms with Crippen LogP contribution in [0.5, 0.6) is 0 Å². The first-order valence-corrected chi connectivity index (χ1v) is 8.64. The molecule has 3 aliphatic carbocycles. The molecule has 1 saturated heterocycles. The molecule has 0 aromatic carbocycles. The molecular weight excluding hydrogens is 292 g/mol. The summed E-state index contributed by atoms with van der Waals surface area (Å²) in [5, 5.41) is 30.9. The van der Waals surface area contributed by atoms with Crippen LogP contribution in [0.3, 0.4) is 0 Å². The molecule has 5 heteroatoms. The maximum Gasteiger partial charge on any atom is 0.212 e. The van der Waals surface area contributed by atoms with Gasteiger partial charge in [0.25, 0.3) is 0 Å². The van der Waals surface area contributed by atoms with Gasteiger partial charge in [0.15, 0.2) is 0 Å². The molecule has 6 atom stereocenters. The van der Waals surface area contributed by atoms with E-state index in [1.54, 1.807) is 0 Å². The molecule has 2 heterocycles. The molecule has 3 fully saturated rings. The largest absolute Gasteiger partial charge is 0.487 e. The lowest BCUT2D eigenvalue weighted by atomic mass is 9.49. The zero-order valence-electron chi connectivity index (χ0n) is 13.3. The summed E-state index contributed by atoms with van der Waals surface area (Å²) in [5.74, 6) is 0.900. The van der Waals surface area contributed by atoms with Crippen LogP contribution in [0.2, 0.25) is 0 Å². The Labute approximate surface area is 135 Å². The molecule has 5 nitrogen and oxygen atoms in total. The van der Waals surface area contributed by atoms with Gasteiger partial charge in [0.2, 0.25) is 5.60 Å². The molecule has 5 rings (SSSR count). The summed E-state index contributed by atoms with van der Waals surface area (Å²) in [6.45, 7) is 0.975. The van der Waals surface area contributed by atoms with E-state index in [0.717, 1.165) is 37.8 Å². The van der Waals surface area contributed by atoms with Crippen molar-refractivity contribution in [1.82, 2.24) is 4.90 Å². The van der Waals surface area contributed by atoms with Gasteiger partial charge >= 0.3 is 0 Å². The quantitative estimate of drug-likeness (QED) is 0.655. The maximum absolute atomic E-state index is 10.8. The highest BCUT2D eigenvalue weighted by Crippen LogP contribution is 2.66. The summed E-state index contributed by atoms with van der Waals surface area (Å²) < 4.78 is 6.18. The number of nitrogens with zero attached hydrogens (tertiary/aromatic N) is 2. The second kappa shape index (κ2) is 4.18. The van der Waals surface area contributed by atoms with Gasteiger partial charge in [-0.25, -0.2) is 0 Å². The molecule has 1 spiro atoms. The average Bonchev–Trinajstić information content (AvgIpc) is 2.91. The van der Waals surface area contributed by atoms with Gasteiger partial charge in [-0.3, -0.25) is 0 Å². The lowest BCUT2D eigenvalue weighted by Crippen LogP contribution is -2.63. The molecule has 1 unspecified atom stereocenters. The Balaban J connectivity index is 1.76. The first-order chi connectivity index (χ1) is 11.0. The first-order valence-electron chi connectivity index (χ1n) is 8.64. The van der Waals surface area contributed by atoms with Crippen molar-refractivity contribution in [1.29, 1.82) is 5.26 Å². The van der Waals surface area contributed by atoms with Gasteiger partial charge in [0.1, 0.15) is 17.9 Å². The van der Waals surface area contributed by atoms with Crippen LogP contribution < -0.4 is 0 Å². The second-order valence-corrected chi connectivity index (χ2v) is 7.94. The minimum absolute atomic E-state index is 0.209. The summed E-state index contributed by atoms with van der Waals surface area (Å²) in [4.78, 5) is 2.45. The van der Waals surface area contributed by atoms with E-state index in [0.29, 0.717) is 17.7 Å². The fourth-order valence-corrected chi connectivity index (χ4v) is 6.06. The Hall–Kier alpha value is -1.35. The minimum atomic E-state index is -1.56. The Kier molecular flexibility index (Phi) is 2.55. The van der Waals surface area contributed by atoms with Gasteiger partial charge in [-0.05, 0) is 50.8 Å². The van der Waals surface area contributed by atoms with Crippen LogP contribution in [-0.2, 0) is 4.74 Å². The summed E-state index contributed by atoms with van der Waals surface area (Å²) in [7, 11) is 2.19. The third-order valence-corrected chi connectivity index (χ3v) is 7.09. The van der Waals surface area contributed by atoms with Crippen molar-refractivity contribution in [3.05, 3.63) is 23.0 Å². The van der Waals surface area contributed by atoms with Gasteiger partial charge in [-0.1, -0.05) is 6.08 Å². The van der Waals surface area contributed by atoms with Crippen LogP contribution in [0.25, 0.3) is 0 Å². The number of ether oxygens (including phenoxy) is 1. The summed E-state index contributed by atoms with van der Waals surface area (Å²) >= 11 is 0. The Morgan fingerprint density at radius 2 is 2.26 bits per heavy atom. The molecule has 0 amide bonds. The number of rotatable bonds is 0. The number of nitriles is 1. The number of piperidine rings is 1. The maximum atomic E-state index is 10.8. The number of aliphatic hydroxyl groups is 2. The highest BCUT2D eigenvalue weighted by molar-refractivity contribution is 5.55. The monoisotopic (exact) mass is 314 g/mol. The van der Waals surface area contributed by atoms with Crippen LogP contribution in [0.1, 0.15) is 32.1 Å². The van der Waals surface area contributed by atoms with E-state index < -0.39 is 11.7 Å². The molecule has 0 aromatic heterocycles. The molecule has 0 aromatic rings. The fourth-order valence-electron chi connectivity index (χ4n) is 6.06. The fraction of sp³-hybridized carbons (Fsp3) is 0.722. The van der Waals surface area contributed by atoms with Gasteiger partial charge in [-0.15, -0.1) is 0 Å². The van der Waals surface area contributed by atoms with E-state index in [-0.39, 0.29) is 17.9 Å². The predicted molar refractivity (Wildman–Crippen MR) is 82.0 cm³/mol. The first kappa shape index (κ1) is 14.0. The van der Waals surface area contributed by atoms with E-state index in [4.69, 9.17) is 4.74 Å². The second-order valence-electron chi connectivity index (χ2n) is 7.94. The Bertz CT molecular complexity index is 693. The Morgan fingerprint density at radius 1 is 1.43 bits per heavy atom. The molecular formula is C18H22N2O3. The summed E-state index contributed by atoms with van der Waals surface area (Å²) in [6.07, 6.45) is 5.15. The summed E-state index contributed by atoms with van der Waals surface area (Å²) in [5.41, 5.74) is 0.542. The SMILES string of the molecule is CN1CC[C@]23C4=C5O[C@H]2[C@@H](O)CC[C@H]3[C@H]1CC4=CCC5(O)C#N. The molecule has 0 radical (unpaired) electrons. The highest BCUT2D eigenvalue weighted by Gasteiger charge is 2.68. The minimum Gasteiger partial charge on any atom is -0.487 e. The zero-order valence-corrected chi connectivity index (χ0v) is 13.3.